The molecule has 0 aliphatic heterocycles. The predicted molar refractivity (Wildman–Crippen MR) is 245 cm³/mol. The summed E-state index contributed by atoms with van der Waals surface area (Å²) in [4.78, 5) is 31.7. The van der Waals surface area contributed by atoms with Crippen molar-refractivity contribution in [1.82, 2.24) is 0 Å². The molecule has 8 rings (SSSR count). The molecule has 0 N–H and O–H groups in total. The molecule has 0 spiro atoms. The van der Waals surface area contributed by atoms with Crippen LogP contribution >= 0.6 is 13.7 Å². The van der Waals surface area contributed by atoms with Gasteiger partial charge in [-0.2, -0.15) is 0 Å². The van der Waals surface area contributed by atoms with Gasteiger partial charge in [0.15, 0.2) is 0 Å². The first kappa shape index (κ1) is 39.9. The van der Waals surface area contributed by atoms with Crippen LogP contribution in [0.4, 0.5) is 0 Å². The van der Waals surface area contributed by atoms with Gasteiger partial charge in [-0.25, -0.2) is 0 Å². The van der Waals surface area contributed by atoms with Crippen molar-refractivity contribution in [2.24, 2.45) is 0 Å². The van der Waals surface area contributed by atoms with Gasteiger partial charge in [0, 0.05) is 0 Å². The van der Waals surface area contributed by atoms with Crippen molar-refractivity contribution in [1.29, 1.82) is 0 Å². The molecule has 0 atom stereocenters. The first-order valence-corrected chi connectivity index (χ1v) is 25.8. The summed E-state index contributed by atoms with van der Waals surface area (Å²) < 4.78 is 15.2. The summed E-state index contributed by atoms with van der Waals surface area (Å²) in [5, 5.41) is 5.72. The van der Waals surface area contributed by atoms with Gasteiger partial charge in [0.25, 0.3) is 0 Å². The zero-order chi connectivity index (χ0) is 39.8. The minimum absolute atomic E-state index is 0.0492. The quantitative estimate of drug-likeness (QED) is 0.0786. The molecule has 2 aliphatic rings. The Labute approximate surface area is 345 Å². The fourth-order valence-electron chi connectivity index (χ4n) is 10.9. The van der Waals surface area contributed by atoms with Gasteiger partial charge < -0.3 is 0 Å². The molecule has 0 heterocycles. The van der Waals surface area contributed by atoms with Gasteiger partial charge >= 0.3 is 346 Å². The maximum atomic E-state index is 15.8. The van der Waals surface area contributed by atoms with Crippen LogP contribution < -0.4 is 31.8 Å². The molecular formula is C52H56O4P2. The van der Waals surface area contributed by atoms with Crippen LogP contribution in [0.5, 0.6) is 0 Å². The Morgan fingerprint density at radius 2 is 0.500 bits per heavy atom. The average Bonchev–Trinajstić information content (AvgIpc) is 3.77. The molecule has 0 unspecified atom stereocenters. The fourth-order valence-corrected chi connectivity index (χ4v) is 24.3. The van der Waals surface area contributed by atoms with Crippen molar-refractivity contribution in [3.8, 4) is 0 Å². The minimum atomic E-state index is -4.30. The Hall–Kier alpha value is -4.88. The third-order valence-corrected chi connectivity index (χ3v) is 26.2. The van der Waals surface area contributed by atoms with Gasteiger partial charge in [-0.1, -0.05) is 0 Å². The first-order valence-electron chi connectivity index (χ1n) is 21.4. The number of hydrogen-bond donors (Lipinski definition) is 0. The van der Waals surface area contributed by atoms with Gasteiger partial charge in [0.05, 0.1) is 0 Å². The second-order valence-corrected chi connectivity index (χ2v) is 25.6. The predicted octanol–water partition coefficient (Wildman–Crippen LogP) is 10.4. The molecule has 298 valence electrons. The third-order valence-electron chi connectivity index (χ3n) is 13.4. The van der Waals surface area contributed by atoms with Crippen LogP contribution in [0.2, 0.25) is 0 Å². The Kier molecular flexibility index (Phi) is 11.8. The van der Waals surface area contributed by atoms with E-state index in [1.165, 1.54) is 0 Å². The van der Waals surface area contributed by atoms with Gasteiger partial charge in [0.1, 0.15) is 0 Å². The van der Waals surface area contributed by atoms with E-state index in [1.54, 1.807) is 0 Å². The van der Waals surface area contributed by atoms with Crippen LogP contribution in [0.15, 0.2) is 182 Å². The standard InChI is InChI=1S/C52H56O4P2/c53-51(55-57(45-31-15-5-16-32-45,46-33-17-6-18-34-46,47-35-19-7-20-36-47)43-27-11-1-2-12-28-43)52(54)56-58(48-37-21-8-22-38-48,49-39-23-9-24-40-49,50-41-25-10-26-42-50)44-29-13-3-4-14-30-44/h5-10,15-26,31-44H,1-4,11-14,27-30H2. The van der Waals surface area contributed by atoms with Crippen LogP contribution in [-0.4, -0.2) is 23.3 Å². The SMILES string of the molecule is O=C(OP(c1ccccc1)(c1ccccc1)(c1ccccc1)C1CCCCCC1)C(=O)OP(c1ccccc1)(c1ccccc1)(c1ccccc1)C1CCCCCC1. The van der Waals surface area contributed by atoms with Crippen molar-refractivity contribution >= 4 is 57.4 Å². The normalized spacial score (nSPS) is 17.2. The molecule has 6 heteroatoms. The van der Waals surface area contributed by atoms with E-state index in [9.17, 15) is 0 Å². The number of benzene rings is 6. The van der Waals surface area contributed by atoms with E-state index in [1.807, 2.05) is 109 Å². The molecule has 2 aliphatic carbocycles. The van der Waals surface area contributed by atoms with Gasteiger partial charge in [-0.15, -0.1) is 0 Å². The number of carbonyl (C=O) groups is 2. The van der Waals surface area contributed by atoms with Crippen molar-refractivity contribution in [3.05, 3.63) is 182 Å². The molecule has 0 radical (unpaired) electrons. The van der Waals surface area contributed by atoms with Crippen molar-refractivity contribution < 1.29 is 18.6 Å². The summed E-state index contributed by atoms with van der Waals surface area (Å²) in [6.07, 6.45) is 12.1. The van der Waals surface area contributed by atoms with E-state index in [4.69, 9.17) is 9.05 Å². The summed E-state index contributed by atoms with van der Waals surface area (Å²) in [7, 11) is 0. The van der Waals surface area contributed by atoms with Crippen LogP contribution in [0, 0.1) is 0 Å². The van der Waals surface area contributed by atoms with E-state index in [0.29, 0.717) is 0 Å². The Morgan fingerprint density at radius 3 is 0.690 bits per heavy atom. The van der Waals surface area contributed by atoms with Crippen molar-refractivity contribution in [3.63, 3.8) is 0 Å². The van der Waals surface area contributed by atoms with Gasteiger partial charge in [-0.3, -0.25) is 0 Å². The zero-order valence-electron chi connectivity index (χ0n) is 33.5. The maximum absolute atomic E-state index is 15.8. The number of rotatable bonds is 10. The van der Waals surface area contributed by atoms with E-state index in [2.05, 4.69) is 72.8 Å². The Morgan fingerprint density at radius 1 is 0.310 bits per heavy atom. The molecule has 2 saturated carbocycles. The molecule has 0 aromatic heterocycles. The van der Waals surface area contributed by atoms with Crippen molar-refractivity contribution in [2.45, 2.75) is 88.4 Å². The number of carbonyl (C=O) groups excluding carboxylic acids is 2. The summed E-state index contributed by atoms with van der Waals surface area (Å²) in [6.45, 7) is -8.60. The summed E-state index contributed by atoms with van der Waals surface area (Å²) in [5.41, 5.74) is -0.0983. The molecule has 0 bridgehead atoms. The molecule has 2 fully saturated rings. The Bertz CT molecular complexity index is 1890. The van der Waals surface area contributed by atoms with E-state index in [-0.39, 0.29) is 11.3 Å². The zero-order valence-corrected chi connectivity index (χ0v) is 35.3. The molecule has 6 aromatic carbocycles. The third kappa shape index (κ3) is 6.45. The second kappa shape index (κ2) is 17.1. The number of hydrogen-bond acceptors (Lipinski definition) is 4. The molecule has 0 saturated heterocycles. The topological polar surface area (TPSA) is 52.6 Å². The van der Waals surface area contributed by atoms with Crippen molar-refractivity contribution in [2.75, 3.05) is 0 Å². The molecule has 4 nitrogen and oxygen atoms in total. The van der Waals surface area contributed by atoms with E-state index < -0.39 is 25.6 Å². The molecule has 6 aromatic rings. The van der Waals surface area contributed by atoms with Crippen LogP contribution in [-0.2, 0) is 18.6 Å². The Balaban J connectivity index is 1.41. The van der Waals surface area contributed by atoms with Gasteiger partial charge in [-0.05, 0) is 0 Å². The molecule has 58 heavy (non-hydrogen) atoms. The van der Waals surface area contributed by atoms with Crippen LogP contribution in [0.1, 0.15) is 77.0 Å². The monoisotopic (exact) mass is 806 g/mol. The summed E-state index contributed by atoms with van der Waals surface area (Å²) in [6, 6.07) is 62.2. The first-order chi connectivity index (χ1) is 28.5. The summed E-state index contributed by atoms with van der Waals surface area (Å²) in [5.74, 6) is -1.85. The second-order valence-electron chi connectivity index (χ2n) is 16.3. The van der Waals surface area contributed by atoms with Crippen LogP contribution in [0.25, 0.3) is 0 Å². The molecular weight excluding hydrogens is 751 g/mol. The summed E-state index contributed by atoms with van der Waals surface area (Å²) >= 11 is 0. The van der Waals surface area contributed by atoms with Gasteiger partial charge in [0.2, 0.25) is 0 Å². The van der Waals surface area contributed by atoms with Crippen LogP contribution in [0.3, 0.4) is 0 Å². The average molecular weight is 807 g/mol. The fraction of sp³-hybridized carbons (Fsp3) is 0.269. The van der Waals surface area contributed by atoms with E-state index >= 15 is 9.59 Å². The molecule has 0 amide bonds. The van der Waals surface area contributed by atoms with E-state index in [0.717, 1.165) is 109 Å².